The minimum Gasteiger partial charge on any atom is -0.494 e. The summed E-state index contributed by atoms with van der Waals surface area (Å²) in [4.78, 5) is 17.5. The Bertz CT molecular complexity index is 940. The fraction of sp³-hybridized carbons (Fsp3) is 0.286. The van der Waals surface area contributed by atoms with Crippen LogP contribution in [-0.4, -0.2) is 28.5 Å². The lowest BCUT2D eigenvalue weighted by molar-refractivity contribution is -0.384. The maximum atomic E-state index is 11.0. The quantitative estimate of drug-likeness (QED) is 0.381. The van der Waals surface area contributed by atoms with Crippen LogP contribution in [0.5, 0.6) is 5.75 Å². The molecule has 0 spiro atoms. The van der Waals surface area contributed by atoms with E-state index in [1.165, 1.54) is 6.07 Å². The average Bonchev–Trinajstić information content (AvgIpc) is 3.16. The summed E-state index contributed by atoms with van der Waals surface area (Å²) in [5, 5.41) is 14.0. The number of nitrogens with zero attached hydrogens (tertiary/aromatic N) is 3. The number of nitro benzene ring substituents is 1. The molecule has 3 aromatic rings. The van der Waals surface area contributed by atoms with Crippen molar-refractivity contribution >= 4 is 17.0 Å². The van der Waals surface area contributed by atoms with Gasteiger partial charge in [0.25, 0.3) is 5.69 Å². The minimum absolute atomic E-state index is 0.0375. The van der Waals surface area contributed by atoms with Gasteiger partial charge in [-0.3, -0.25) is 15.0 Å². The molecule has 0 N–H and O–H groups in total. The van der Waals surface area contributed by atoms with E-state index in [0.717, 1.165) is 27.6 Å². The number of hydrogen-bond acceptors (Lipinski definition) is 6. The number of thiazole rings is 1. The molecule has 0 aliphatic carbocycles. The van der Waals surface area contributed by atoms with Gasteiger partial charge in [0.15, 0.2) is 0 Å². The van der Waals surface area contributed by atoms with Crippen molar-refractivity contribution in [3.8, 4) is 16.3 Å². The highest BCUT2D eigenvalue weighted by molar-refractivity contribution is 7.13. The summed E-state index contributed by atoms with van der Waals surface area (Å²) in [6.45, 7) is 5.32. The molecule has 1 heterocycles. The van der Waals surface area contributed by atoms with E-state index in [9.17, 15) is 10.1 Å². The van der Waals surface area contributed by atoms with E-state index < -0.39 is 0 Å². The van der Waals surface area contributed by atoms with Gasteiger partial charge in [-0.25, -0.2) is 4.98 Å². The van der Waals surface area contributed by atoms with Crippen molar-refractivity contribution in [2.75, 3.05) is 13.7 Å². The van der Waals surface area contributed by atoms with Gasteiger partial charge >= 0.3 is 0 Å². The van der Waals surface area contributed by atoms with Gasteiger partial charge < -0.3 is 4.74 Å². The molecule has 0 aliphatic rings. The Morgan fingerprint density at radius 2 is 2.00 bits per heavy atom. The van der Waals surface area contributed by atoms with Gasteiger partial charge in [0.1, 0.15) is 10.8 Å². The summed E-state index contributed by atoms with van der Waals surface area (Å²) in [5.41, 5.74) is 3.07. The number of hydrogen-bond donors (Lipinski definition) is 0. The van der Waals surface area contributed by atoms with Crippen LogP contribution >= 0.6 is 11.3 Å². The zero-order valence-corrected chi connectivity index (χ0v) is 17.0. The number of nitro groups is 1. The molecule has 6 nitrogen and oxygen atoms in total. The molecule has 0 saturated heterocycles. The second-order valence-corrected chi connectivity index (χ2v) is 7.40. The Balaban J connectivity index is 1.68. The van der Waals surface area contributed by atoms with Crippen LogP contribution in [0, 0.1) is 10.1 Å². The normalized spacial score (nSPS) is 12.1. The first-order chi connectivity index (χ1) is 13.5. The largest absolute Gasteiger partial charge is 0.494 e. The zero-order valence-electron chi connectivity index (χ0n) is 16.2. The van der Waals surface area contributed by atoms with Crippen LogP contribution in [-0.2, 0) is 6.54 Å². The number of rotatable bonds is 8. The standard InChI is InChI=1S/C21H23N3O3S/c1-4-27-20-10-8-16(9-11-20)21-22-18(14-28-21)13-23(3)15(2)17-6-5-7-19(12-17)24(25)26/h5-12,14-15H,4,13H2,1-3H3. The second kappa shape index (κ2) is 8.95. The van der Waals surface area contributed by atoms with Crippen molar-refractivity contribution in [1.82, 2.24) is 9.88 Å². The minimum atomic E-state index is -0.361. The van der Waals surface area contributed by atoms with Crippen LogP contribution in [0.4, 0.5) is 5.69 Å². The maximum Gasteiger partial charge on any atom is 0.269 e. The summed E-state index contributed by atoms with van der Waals surface area (Å²) >= 11 is 1.61. The highest BCUT2D eigenvalue weighted by Crippen LogP contribution is 2.28. The molecular weight excluding hydrogens is 374 g/mol. The van der Waals surface area contributed by atoms with E-state index in [1.54, 1.807) is 23.5 Å². The molecule has 28 heavy (non-hydrogen) atoms. The van der Waals surface area contributed by atoms with Crippen LogP contribution in [0.3, 0.4) is 0 Å². The first-order valence-corrected chi connectivity index (χ1v) is 9.98. The molecule has 7 heteroatoms. The summed E-state index contributed by atoms with van der Waals surface area (Å²) in [6.07, 6.45) is 0. The molecule has 0 fully saturated rings. The highest BCUT2D eigenvalue weighted by Gasteiger charge is 2.16. The molecule has 3 rings (SSSR count). The Hall–Kier alpha value is -2.77. The van der Waals surface area contributed by atoms with Crippen LogP contribution in [0.25, 0.3) is 10.6 Å². The van der Waals surface area contributed by atoms with Crippen LogP contribution < -0.4 is 4.74 Å². The average molecular weight is 398 g/mol. The molecule has 1 unspecified atom stereocenters. The van der Waals surface area contributed by atoms with Gasteiger partial charge in [0, 0.05) is 35.7 Å². The molecule has 146 valence electrons. The van der Waals surface area contributed by atoms with Crippen molar-refractivity contribution < 1.29 is 9.66 Å². The lowest BCUT2D eigenvalue weighted by Crippen LogP contribution is -2.22. The summed E-state index contributed by atoms with van der Waals surface area (Å²) < 4.78 is 5.48. The molecule has 1 atom stereocenters. The van der Waals surface area contributed by atoms with E-state index in [1.807, 2.05) is 51.2 Å². The van der Waals surface area contributed by atoms with E-state index in [2.05, 4.69) is 10.3 Å². The lowest BCUT2D eigenvalue weighted by Gasteiger charge is -2.24. The number of benzene rings is 2. The first-order valence-electron chi connectivity index (χ1n) is 9.10. The van der Waals surface area contributed by atoms with Crippen molar-refractivity contribution in [3.05, 3.63) is 75.3 Å². The van der Waals surface area contributed by atoms with Crippen LogP contribution in [0.15, 0.2) is 53.9 Å². The third-order valence-corrected chi connectivity index (χ3v) is 5.54. The maximum absolute atomic E-state index is 11.0. The van der Waals surface area contributed by atoms with Gasteiger partial charge in [-0.05, 0) is 50.7 Å². The van der Waals surface area contributed by atoms with E-state index in [4.69, 9.17) is 9.72 Å². The SMILES string of the molecule is CCOc1ccc(-c2nc(CN(C)C(C)c3cccc([N+](=O)[O-])c3)cs2)cc1. The fourth-order valence-electron chi connectivity index (χ4n) is 2.92. The van der Waals surface area contributed by atoms with Crippen LogP contribution in [0.1, 0.15) is 31.1 Å². The summed E-state index contributed by atoms with van der Waals surface area (Å²) in [6, 6.07) is 14.8. The molecule has 0 bridgehead atoms. The van der Waals surface area contributed by atoms with E-state index in [0.29, 0.717) is 13.2 Å². The molecule has 0 amide bonds. The molecule has 1 aromatic heterocycles. The molecular formula is C21H23N3O3S. The Morgan fingerprint density at radius 1 is 1.25 bits per heavy atom. The number of ether oxygens (including phenoxy) is 1. The van der Waals surface area contributed by atoms with Crippen LogP contribution in [0.2, 0.25) is 0 Å². The van der Waals surface area contributed by atoms with Gasteiger partial charge in [-0.15, -0.1) is 11.3 Å². The smallest absolute Gasteiger partial charge is 0.269 e. The third kappa shape index (κ3) is 4.74. The molecule has 0 radical (unpaired) electrons. The predicted molar refractivity (Wildman–Crippen MR) is 112 cm³/mol. The molecule has 2 aromatic carbocycles. The lowest BCUT2D eigenvalue weighted by atomic mass is 10.1. The summed E-state index contributed by atoms with van der Waals surface area (Å²) in [7, 11) is 2.00. The van der Waals surface area contributed by atoms with Crippen molar-refractivity contribution in [1.29, 1.82) is 0 Å². The zero-order chi connectivity index (χ0) is 20.1. The Kier molecular flexibility index (Phi) is 6.38. The molecule has 0 saturated carbocycles. The summed E-state index contributed by atoms with van der Waals surface area (Å²) in [5.74, 6) is 0.855. The highest BCUT2D eigenvalue weighted by atomic mass is 32.1. The number of non-ortho nitro benzene ring substituents is 1. The van der Waals surface area contributed by atoms with Crippen molar-refractivity contribution in [3.63, 3.8) is 0 Å². The predicted octanol–water partition coefficient (Wildman–Crippen LogP) is 5.31. The second-order valence-electron chi connectivity index (χ2n) is 6.54. The van der Waals surface area contributed by atoms with E-state index in [-0.39, 0.29) is 16.7 Å². The van der Waals surface area contributed by atoms with Gasteiger partial charge in [0.2, 0.25) is 0 Å². The first kappa shape index (κ1) is 20.0. The Morgan fingerprint density at radius 3 is 2.68 bits per heavy atom. The van der Waals surface area contributed by atoms with Gasteiger partial charge in [-0.1, -0.05) is 12.1 Å². The van der Waals surface area contributed by atoms with Gasteiger partial charge in [-0.2, -0.15) is 0 Å². The van der Waals surface area contributed by atoms with Crippen molar-refractivity contribution in [2.24, 2.45) is 0 Å². The monoisotopic (exact) mass is 397 g/mol. The van der Waals surface area contributed by atoms with Gasteiger partial charge in [0.05, 0.1) is 17.2 Å². The fourth-order valence-corrected chi connectivity index (χ4v) is 3.73. The van der Waals surface area contributed by atoms with E-state index >= 15 is 0 Å². The Labute approximate surface area is 168 Å². The van der Waals surface area contributed by atoms with Crippen molar-refractivity contribution in [2.45, 2.75) is 26.4 Å². The molecule has 0 aliphatic heterocycles. The number of aromatic nitrogens is 1. The third-order valence-electron chi connectivity index (χ3n) is 4.60. The topological polar surface area (TPSA) is 68.5 Å².